The number of carbonyl (C=O) groups excluding carboxylic acids is 1. The third-order valence-electron chi connectivity index (χ3n) is 3.34. The molecule has 0 atom stereocenters. The van der Waals surface area contributed by atoms with E-state index in [1.54, 1.807) is 0 Å². The highest BCUT2D eigenvalue weighted by molar-refractivity contribution is 5.96. The first-order valence-corrected chi connectivity index (χ1v) is 6.45. The van der Waals surface area contributed by atoms with E-state index in [1.165, 1.54) is 0 Å². The lowest BCUT2D eigenvalue weighted by atomic mass is 9.93. The van der Waals surface area contributed by atoms with Crippen LogP contribution in [0, 0.1) is 5.92 Å². The highest BCUT2D eigenvalue weighted by atomic mass is 16.5. The van der Waals surface area contributed by atoms with Gasteiger partial charge in [-0.25, -0.2) is 0 Å². The number of hydrogen-bond donors (Lipinski definition) is 0. The van der Waals surface area contributed by atoms with Crippen LogP contribution in [-0.2, 0) is 17.7 Å². The smallest absolute Gasteiger partial charge is 0.184 e. The van der Waals surface area contributed by atoms with Crippen molar-refractivity contribution in [3.8, 4) is 0 Å². The molecule has 1 aromatic rings. The number of aromatic nitrogens is 2. The minimum absolute atomic E-state index is 0.121. The van der Waals surface area contributed by atoms with Crippen LogP contribution in [0.3, 0.4) is 0 Å². The number of Topliss-reactive ketones (excluding diaryl/α,β-unsaturated/α-hetero) is 1. The van der Waals surface area contributed by atoms with Gasteiger partial charge in [-0.3, -0.25) is 9.48 Å². The number of carbonyl (C=O) groups is 1. The van der Waals surface area contributed by atoms with Crippen molar-refractivity contribution in [2.75, 3.05) is 13.2 Å². The first-order chi connectivity index (χ1) is 8.26. The topological polar surface area (TPSA) is 44.1 Å². The maximum Gasteiger partial charge on any atom is 0.184 e. The van der Waals surface area contributed by atoms with Crippen molar-refractivity contribution in [3.05, 3.63) is 17.5 Å². The van der Waals surface area contributed by atoms with Crippen LogP contribution in [0.15, 0.2) is 6.07 Å². The monoisotopic (exact) mass is 236 g/mol. The van der Waals surface area contributed by atoms with E-state index in [1.807, 2.05) is 17.7 Å². The molecule has 0 aliphatic carbocycles. The van der Waals surface area contributed by atoms with E-state index in [9.17, 15) is 4.79 Å². The molecule has 94 valence electrons. The zero-order chi connectivity index (χ0) is 12.3. The third-order valence-corrected chi connectivity index (χ3v) is 3.34. The maximum absolute atomic E-state index is 12.4. The number of hydrogen-bond acceptors (Lipinski definition) is 3. The standard InChI is InChI=1S/C13H20N2O2/c1-3-11-9-12(15(4-2)14-11)13(16)10-5-7-17-8-6-10/h9-10H,3-8H2,1-2H3. The molecule has 2 rings (SSSR count). The highest BCUT2D eigenvalue weighted by Crippen LogP contribution is 2.21. The molecule has 2 heterocycles. The minimum Gasteiger partial charge on any atom is -0.381 e. The number of nitrogens with zero attached hydrogens (tertiary/aromatic N) is 2. The molecule has 1 fully saturated rings. The molecule has 1 aliphatic heterocycles. The molecule has 4 nitrogen and oxygen atoms in total. The Labute approximate surface area is 102 Å². The molecule has 0 spiro atoms. The molecule has 1 saturated heterocycles. The molecule has 17 heavy (non-hydrogen) atoms. The molecule has 0 radical (unpaired) electrons. The molecule has 0 bridgehead atoms. The van der Waals surface area contributed by atoms with E-state index >= 15 is 0 Å². The Morgan fingerprint density at radius 3 is 2.76 bits per heavy atom. The van der Waals surface area contributed by atoms with Crippen molar-refractivity contribution < 1.29 is 9.53 Å². The second kappa shape index (κ2) is 5.45. The van der Waals surface area contributed by atoms with Crippen LogP contribution < -0.4 is 0 Å². The van der Waals surface area contributed by atoms with E-state index in [-0.39, 0.29) is 11.7 Å². The van der Waals surface area contributed by atoms with Crippen LogP contribution in [0.1, 0.15) is 42.9 Å². The van der Waals surface area contributed by atoms with Crippen molar-refractivity contribution in [1.82, 2.24) is 9.78 Å². The van der Waals surface area contributed by atoms with Gasteiger partial charge in [-0.15, -0.1) is 0 Å². The van der Waals surface area contributed by atoms with Crippen LogP contribution in [0.4, 0.5) is 0 Å². The van der Waals surface area contributed by atoms with Gasteiger partial charge in [0.1, 0.15) is 5.69 Å². The molecular weight excluding hydrogens is 216 g/mol. The normalized spacial score (nSPS) is 17.3. The molecule has 0 aromatic carbocycles. The van der Waals surface area contributed by atoms with Crippen molar-refractivity contribution in [2.24, 2.45) is 5.92 Å². The largest absolute Gasteiger partial charge is 0.381 e. The molecule has 0 unspecified atom stereocenters. The van der Waals surface area contributed by atoms with E-state index in [0.717, 1.165) is 37.2 Å². The Bertz CT molecular complexity index is 392. The Morgan fingerprint density at radius 1 is 1.47 bits per heavy atom. The second-order valence-electron chi connectivity index (χ2n) is 4.44. The first kappa shape index (κ1) is 12.3. The highest BCUT2D eigenvalue weighted by Gasteiger charge is 2.25. The summed E-state index contributed by atoms with van der Waals surface area (Å²) in [6.45, 7) is 6.25. The van der Waals surface area contributed by atoms with Gasteiger partial charge in [-0.05, 0) is 32.3 Å². The number of rotatable bonds is 4. The second-order valence-corrected chi connectivity index (χ2v) is 4.44. The Kier molecular flexibility index (Phi) is 3.94. The number of aryl methyl sites for hydroxylation is 2. The lowest BCUT2D eigenvalue weighted by Gasteiger charge is -2.20. The maximum atomic E-state index is 12.4. The van der Waals surface area contributed by atoms with Crippen LogP contribution in [0.5, 0.6) is 0 Å². The van der Waals surface area contributed by atoms with Gasteiger partial charge in [0.05, 0.1) is 5.69 Å². The van der Waals surface area contributed by atoms with Gasteiger partial charge in [-0.2, -0.15) is 5.10 Å². The van der Waals surface area contributed by atoms with Gasteiger partial charge < -0.3 is 4.74 Å². The Balaban J connectivity index is 2.19. The average molecular weight is 236 g/mol. The van der Waals surface area contributed by atoms with E-state index in [0.29, 0.717) is 13.2 Å². The summed E-state index contributed by atoms with van der Waals surface area (Å²) >= 11 is 0. The lowest BCUT2D eigenvalue weighted by Crippen LogP contribution is -2.25. The van der Waals surface area contributed by atoms with Gasteiger partial charge in [0.15, 0.2) is 5.78 Å². The fraction of sp³-hybridized carbons (Fsp3) is 0.692. The van der Waals surface area contributed by atoms with E-state index in [4.69, 9.17) is 4.74 Å². The zero-order valence-electron chi connectivity index (χ0n) is 10.6. The SMILES string of the molecule is CCc1cc(C(=O)C2CCOCC2)n(CC)n1. The summed E-state index contributed by atoms with van der Waals surface area (Å²) < 4.78 is 7.12. The summed E-state index contributed by atoms with van der Waals surface area (Å²) in [6, 6.07) is 1.95. The van der Waals surface area contributed by atoms with Crippen LogP contribution >= 0.6 is 0 Å². The summed E-state index contributed by atoms with van der Waals surface area (Å²) in [5.41, 5.74) is 1.78. The van der Waals surface area contributed by atoms with Crippen molar-refractivity contribution in [1.29, 1.82) is 0 Å². The van der Waals surface area contributed by atoms with Crippen LogP contribution in [0.2, 0.25) is 0 Å². The quantitative estimate of drug-likeness (QED) is 0.752. The fourth-order valence-electron chi connectivity index (χ4n) is 2.25. The van der Waals surface area contributed by atoms with Crippen molar-refractivity contribution >= 4 is 5.78 Å². The van der Waals surface area contributed by atoms with Gasteiger partial charge in [0.2, 0.25) is 0 Å². The fourth-order valence-corrected chi connectivity index (χ4v) is 2.25. The minimum atomic E-state index is 0.121. The van der Waals surface area contributed by atoms with Gasteiger partial charge >= 0.3 is 0 Å². The number of ether oxygens (including phenoxy) is 1. The summed E-state index contributed by atoms with van der Waals surface area (Å²) in [5.74, 6) is 0.359. The first-order valence-electron chi connectivity index (χ1n) is 6.45. The van der Waals surface area contributed by atoms with Crippen molar-refractivity contribution in [3.63, 3.8) is 0 Å². The molecule has 1 aromatic heterocycles. The Morgan fingerprint density at radius 2 is 2.18 bits per heavy atom. The molecule has 4 heteroatoms. The van der Waals surface area contributed by atoms with Gasteiger partial charge in [0, 0.05) is 25.7 Å². The van der Waals surface area contributed by atoms with Gasteiger partial charge in [0.25, 0.3) is 0 Å². The van der Waals surface area contributed by atoms with Crippen LogP contribution in [0.25, 0.3) is 0 Å². The number of ketones is 1. The average Bonchev–Trinajstić information content (AvgIpc) is 2.82. The molecule has 1 aliphatic rings. The molecular formula is C13H20N2O2. The summed E-state index contributed by atoms with van der Waals surface area (Å²) in [5, 5.41) is 4.43. The van der Waals surface area contributed by atoms with Gasteiger partial charge in [-0.1, -0.05) is 6.92 Å². The third kappa shape index (κ3) is 2.57. The summed E-state index contributed by atoms with van der Waals surface area (Å²) in [4.78, 5) is 12.4. The van der Waals surface area contributed by atoms with Crippen LogP contribution in [-0.4, -0.2) is 28.8 Å². The predicted octanol–water partition coefficient (Wildman–Crippen LogP) is 2.07. The summed E-state index contributed by atoms with van der Waals surface area (Å²) in [7, 11) is 0. The lowest BCUT2D eigenvalue weighted by molar-refractivity contribution is 0.0538. The van der Waals surface area contributed by atoms with Crippen molar-refractivity contribution in [2.45, 2.75) is 39.7 Å². The van der Waals surface area contributed by atoms with E-state index in [2.05, 4.69) is 12.0 Å². The molecule has 0 saturated carbocycles. The molecule has 0 N–H and O–H groups in total. The Hall–Kier alpha value is -1.16. The zero-order valence-corrected chi connectivity index (χ0v) is 10.6. The summed E-state index contributed by atoms with van der Waals surface area (Å²) in [6.07, 6.45) is 2.56. The van der Waals surface area contributed by atoms with E-state index < -0.39 is 0 Å². The molecule has 0 amide bonds. The predicted molar refractivity (Wildman–Crippen MR) is 65.2 cm³/mol.